The quantitative estimate of drug-likeness (QED) is 0.306. The molecule has 8 nitrogen and oxygen atoms in total. The second kappa shape index (κ2) is 11.7. The average molecular weight is 471 g/mol. The highest BCUT2D eigenvalue weighted by atomic mass is 32.1. The first-order valence-electron chi connectivity index (χ1n) is 11.3. The number of benzene rings is 1. The summed E-state index contributed by atoms with van der Waals surface area (Å²) in [6.45, 7) is 6.84. The number of aromatic nitrogens is 3. The van der Waals surface area contributed by atoms with Crippen molar-refractivity contribution in [2.24, 2.45) is 0 Å². The molecule has 0 fully saturated rings. The predicted octanol–water partition coefficient (Wildman–Crippen LogP) is 4.34. The molecule has 9 heteroatoms. The number of anilines is 1. The Morgan fingerprint density at radius 2 is 1.94 bits per heavy atom. The second-order valence-electron chi connectivity index (χ2n) is 7.75. The van der Waals surface area contributed by atoms with E-state index in [1.54, 1.807) is 35.4 Å². The summed E-state index contributed by atoms with van der Waals surface area (Å²) >= 11 is 1.19. The largest absolute Gasteiger partial charge is 0.462 e. The number of unbranched alkanes of at least 4 members (excludes halogenated alkanes) is 2. The number of esters is 1. The van der Waals surface area contributed by atoms with Crippen LogP contribution in [0.2, 0.25) is 0 Å². The molecular formula is C24H30N4O4S. The lowest BCUT2D eigenvalue weighted by Gasteiger charge is -2.20. The molecule has 0 saturated carbocycles. The molecule has 0 spiro atoms. The van der Waals surface area contributed by atoms with Gasteiger partial charge in [-0.2, -0.15) is 0 Å². The number of ether oxygens (including phenoxy) is 1. The molecule has 3 aromatic rings. The fraction of sp³-hybridized carbons (Fsp3) is 0.458. The lowest BCUT2D eigenvalue weighted by atomic mass is 10.2. The smallest absolute Gasteiger partial charge is 0.350 e. The van der Waals surface area contributed by atoms with Crippen LogP contribution >= 0.6 is 11.3 Å². The lowest BCUT2D eigenvalue weighted by Crippen LogP contribution is -2.32. The molecule has 1 aromatic carbocycles. The van der Waals surface area contributed by atoms with Gasteiger partial charge in [0.05, 0.1) is 29.5 Å². The first-order chi connectivity index (χ1) is 16.0. The highest BCUT2D eigenvalue weighted by molar-refractivity contribution is 7.17. The van der Waals surface area contributed by atoms with Gasteiger partial charge in [0.25, 0.3) is 5.56 Å². The van der Waals surface area contributed by atoms with E-state index in [9.17, 15) is 14.4 Å². The highest BCUT2D eigenvalue weighted by Crippen LogP contribution is 2.28. The van der Waals surface area contributed by atoms with Crippen LogP contribution in [-0.4, -0.2) is 39.6 Å². The molecule has 0 aliphatic heterocycles. The zero-order valence-corrected chi connectivity index (χ0v) is 20.2. The number of nitrogens with zero attached hydrogens (tertiary/aromatic N) is 4. The maximum Gasteiger partial charge on any atom is 0.350 e. The van der Waals surface area contributed by atoms with Crippen molar-refractivity contribution in [1.29, 1.82) is 0 Å². The van der Waals surface area contributed by atoms with E-state index < -0.39 is 5.97 Å². The minimum Gasteiger partial charge on any atom is -0.462 e. The van der Waals surface area contributed by atoms with Crippen molar-refractivity contribution in [3.05, 3.63) is 51.5 Å². The van der Waals surface area contributed by atoms with Crippen molar-refractivity contribution in [3.8, 4) is 0 Å². The highest BCUT2D eigenvalue weighted by Gasteiger charge is 2.23. The van der Waals surface area contributed by atoms with Crippen LogP contribution in [0.3, 0.4) is 0 Å². The number of carbonyl (C=O) groups is 2. The zero-order valence-electron chi connectivity index (χ0n) is 19.4. The van der Waals surface area contributed by atoms with Crippen LogP contribution in [0.1, 0.15) is 61.3 Å². The van der Waals surface area contributed by atoms with Crippen molar-refractivity contribution in [2.45, 2.75) is 59.4 Å². The van der Waals surface area contributed by atoms with Crippen molar-refractivity contribution < 1.29 is 14.3 Å². The summed E-state index contributed by atoms with van der Waals surface area (Å²) in [6.07, 6.45) is 5.17. The summed E-state index contributed by atoms with van der Waals surface area (Å²) in [5.74, 6) is -0.486. The fourth-order valence-electron chi connectivity index (χ4n) is 3.53. The van der Waals surface area contributed by atoms with Crippen LogP contribution in [0.5, 0.6) is 0 Å². The number of rotatable bonds is 11. The normalized spacial score (nSPS) is 11.0. The van der Waals surface area contributed by atoms with E-state index in [1.807, 2.05) is 12.1 Å². The predicted molar refractivity (Wildman–Crippen MR) is 130 cm³/mol. The molecule has 3 rings (SSSR count). The summed E-state index contributed by atoms with van der Waals surface area (Å²) in [5, 5.41) is 1.08. The van der Waals surface area contributed by atoms with Crippen LogP contribution in [0.25, 0.3) is 10.9 Å². The van der Waals surface area contributed by atoms with Gasteiger partial charge in [0.2, 0.25) is 5.91 Å². The summed E-state index contributed by atoms with van der Waals surface area (Å²) in [7, 11) is 0. The van der Waals surface area contributed by atoms with Crippen molar-refractivity contribution >= 4 is 39.2 Å². The van der Waals surface area contributed by atoms with Crippen LogP contribution in [0.15, 0.2) is 35.4 Å². The van der Waals surface area contributed by atoms with Crippen molar-refractivity contribution in [3.63, 3.8) is 0 Å². The summed E-state index contributed by atoms with van der Waals surface area (Å²) in [6, 6.07) is 7.22. The third-order valence-electron chi connectivity index (χ3n) is 5.28. The Balaban J connectivity index is 1.71. The van der Waals surface area contributed by atoms with Gasteiger partial charge in [0, 0.05) is 19.5 Å². The SMILES string of the molecule is CCCCCN(C(=O)CCCn1cnc2ccccc2c1=O)c1nc(C)c(C(=O)OCC)s1. The van der Waals surface area contributed by atoms with Gasteiger partial charge < -0.3 is 4.74 Å². The van der Waals surface area contributed by atoms with Gasteiger partial charge in [0.1, 0.15) is 4.88 Å². The monoisotopic (exact) mass is 470 g/mol. The average Bonchev–Trinajstić information content (AvgIpc) is 3.19. The number of aryl methyl sites for hydroxylation is 2. The Morgan fingerprint density at radius 3 is 2.70 bits per heavy atom. The molecule has 2 aromatic heterocycles. The molecule has 2 heterocycles. The summed E-state index contributed by atoms with van der Waals surface area (Å²) < 4.78 is 6.65. The summed E-state index contributed by atoms with van der Waals surface area (Å²) in [4.78, 5) is 48.9. The van der Waals surface area contributed by atoms with Crippen LogP contribution in [-0.2, 0) is 16.1 Å². The van der Waals surface area contributed by atoms with E-state index in [0.717, 1.165) is 19.3 Å². The van der Waals surface area contributed by atoms with Crippen LogP contribution in [0, 0.1) is 6.92 Å². The van der Waals surface area contributed by atoms with Gasteiger partial charge >= 0.3 is 5.97 Å². The van der Waals surface area contributed by atoms with Gasteiger partial charge in [-0.25, -0.2) is 14.8 Å². The third-order valence-corrected chi connectivity index (χ3v) is 6.44. The van der Waals surface area contributed by atoms with Gasteiger partial charge in [-0.15, -0.1) is 0 Å². The maximum absolute atomic E-state index is 13.1. The molecule has 0 radical (unpaired) electrons. The Morgan fingerprint density at radius 1 is 1.15 bits per heavy atom. The molecule has 0 saturated heterocycles. The van der Waals surface area contributed by atoms with E-state index >= 15 is 0 Å². The minimum absolute atomic E-state index is 0.0722. The minimum atomic E-state index is -0.414. The Kier molecular flexibility index (Phi) is 8.71. The Hall–Kier alpha value is -3.07. The molecule has 0 bridgehead atoms. The first kappa shape index (κ1) is 24.6. The fourth-order valence-corrected chi connectivity index (χ4v) is 4.54. The van der Waals surface area contributed by atoms with Gasteiger partial charge in [-0.1, -0.05) is 43.2 Å². The van der Waals surface area contributed by atoms with Gasteiger partial charge in [-0.05, 0) is 38.8 Å². The molecule has 0 atom stereocenters. The van der Waals surface area contributed by atoms with Crippen LogP contribution < -0.4 is 10.5 Å². The summed E-state index contributed by atoms with van der Waals surface area (Å²) in [5.41, 5.74) is 1.12. The number of carbonyl (C=O) groups excluding carboxylic acids is 2. The standard InChI is InChI=1S/C24H30N4O4S/c1-4-6-9-15-28(24-26-17(3)21(33-24)23(31)32-5-2)20(29)13-10-14-27-16-25-19-12-8-7-11-18(19)22(27)30/h7-8,11-12,16H,4-6,9-10,13-15H2,1-3H3. The third kappa shape index (κ3) is 6.04. The molecule has 0 aliphatic carbocycles. The number of amides is 1. The van der Waals surface area contributed by atoms with Gasteiger partial charge in [-0.3, -0.25) is 19.1 Å². The lowest BCUT2D eigenvalue weighted by molar-refractivity contribution is -0.118. The Labute approximate surface area is 197 Å². The molecule has 176 valence electrons. The number of hydrogen-bond donors (Lipinski definition) is 0. The van der Waals surface area contributed by atoms with E-state index in [2.05, 4.69) is 16.9 Å². The van der Waals surface area contributed by atoms with Crippen molar-refractivity contribution in [2.75, 3.05) is 18.1 Å². The zero-order chi connectivity index (χ0) is 23.8. The number of para-hydroxylation sites is 1. The maximum atomic E-state index is 13.1. The molecule has 0 aliphatic rings. The van der Waals surface area contributed by atoms with Crippen LogP contribution in [0.4, 0.5) is 5.13 Å². The van der Waals surface area contributed by atoms with E-state index in [1.165, 1.54) is 17.7 Å². The van der Waals surface area contributed by atoms with Crippen molar-refractivity contribution in [1.82, 2.24) is 14.5 Å². The number of thiazole rings is 1. The Bertz CT molecular complexity index is 1170. The van der Waals surface area contributed by atoms with Gasteiger partial charge in [0.15, 0.2) is 5.13 Å². The molecule has 0 N–H and O–H groups in total. The number of hydrogen-bond acceptors (Lipinski definition) is 7. The topological polar surface area (TPSA) is 94.4 Å². The van der Waals surface area contributed by atoms with E-state index in [4.69, 9.17) is 4.74 Å². The van der Waals surface area contributed by atoms with E-state index in [0.29, 0.717) is 46.1 Å². The second-order valence-corrected chi connectivity index (χ2v) is 8.73. The number of fused-ring (bicyclic) bond motifs is 1. The molecule has 33 heavy (non-hydrogen) atoms. The molecule has 1 amide bonds. The molecular weight excluding hydrogens is 440 g/mol. The molecule has 0 unspecified atom stereocenters. The van der Waals surface area contributed by atoms with E-state index in [-0.39, 0.29) is 24.5 Å². The first-order valence-corrected chi connectivity index (χ1v) is 12.2.